The third-order valence-corrected chi connectivity index (χ3v) is 4.08. The fourth-order valence-electron chi connectivity index (χ4n) is 2.83. The Labute approximate surface area is 155 Å². The minimum Gasteiger partial charge on any atom is -0.480 e. The van der Waals surface area contributed by atoms with Crippen molar-refractivity contribution in [2.45, 2.75) is 6.54 Å². The SMILES string of the molecule is O=C(O)CNC(=O)CNC(=O)c1cn(Cc2ccccc2)c2ccccc12. The van der Waals surface area contributed by atoms with E-state index in [1.165, 1.54) is 0 Å². The predicted molar refractivity (Wildman–Crippen MR) is 100 cm³/mol. The highest BCUT2D eigenvalue weighted by atomic mass is 16.4. The maximum absolute atomic E-state index is 12.5. The van der Waals surface area contributed by atoms with Gasteiger partial charge in [-0.15, -0.1) is 0 Å². The van der Waals surface area contributed by atoms with Gasteiger partial charge in [0.25, 0.3) is 5.91 Å². The lowest BCUT2D eigenvalue weighted by Gasteiger charge is -2.05. The molecule has 0 atom stereocenters. The van der Waals surface area contributed by atoms with E-state index in [2.05, 4.69) is 10.6 Å². The van der Waals surface area contributed by atoms with E-state index in [0.29, 0.717) is 12.1 Å². The summed E-state index contributed by atoms with van der Waals surface area (Å²) in [5, 5.41) is 14.1. The van der Waals surface area contributed by atoms with Crippen LogP contribution in [0.25, 0.3) is 10.9 Å². The number of nitrogens with one attached hydrogen (secondary N) is 2. The van der Waals surface area contributed by atoms with Crippen LogP contribution in [0, 0.1) is 0 Å². The van der Waals surface area contributed by atoms with Crippen molar-refractivity contribution in [1.82, 2.24) is 15.2 Å². The molecule has 27 heavy (non-hydrogen) atoms. The summed E-state index contributed by atoms with van der Waals surface area (Å²) in [7, 11) is 0. The quantitative estimate of drug-likeness (QED) is 0.592. The van der Waals surface area contributed by atoms with Crippen LogP contribution >= 0.6 is 0 Å². The number of rotatable bonds is 7. The van der Waals surface area contributed by atoms with E-state index < -0.39 is 18.4 Å². The van der Waals surface area contributed by atoms with Crippen LogP contribution < -0.4 is 10.6 Å². The number of amides is 2. The van der Waals surface area contributed by atoms with Gasteiger partial charge in [0.15, 0.2) is 0 Å². The van der Waals surface area contributed by atoms with Gasteiger partial charge in [0.1, 0.15) is 6.54 Å². The molecule has 0 unspecified atom stereocenters. The largest absolute Gasteiger partial charge is 0.480 e. The minimum atomic E-state index is -1.14. The Hall–Kier alpha value is -3.61. The maximum atomic E-state index is 12.5. The number of aromatic nitrogens is 1. The molecule has 0 aliphatic heterocycles. The molecule has 2 aromatic carbocycles. The van der Waals surface area contributed by atoms with Crippen LogP contribution in [0.5, 0.6) is 0 Å². The molecule has 0 aliphatic carbocycles. The summed E-state index contributed by atoms with van der Waals surface area (Å²) in [4.78, 5) is 34.6. The van der Waals surface area contributed by atoms with Gasteiger partial charge in [0, 0.05) is 23.6 Å². The molecule has 3 N–H and O–H groups in total. The summed E-state index contributed by atoms with van der Waals surface area (Å²) in [6.07, 6.45) is 1.77. The van der Waals surface area contributed by atoms with E-state index >= 15 is 0 Å². The van der Waals surface area contributed by atoms with Gasteiger partial charge in [0.05, 0.1) is 12.1 Å². The summed E-state index contributed by atoms with van der Waals surface area (Å²) in [6.45, 7) is -0.150. The van der Waals surface area contributed by atoms with Crippen LogP contribution in [-0.2, 0) is 16.1 Å². The predicted octanol–water partition coefficient (Wildman–Crippen LogP) is 1.62. The average Bonchev–Trinajstić information content (AvgIpc) is 3.04. The smallest absolute Gasteiger partial charge is 0.322 e. The number of hydrogen-bond acceptors (Lipinski definition) is 3. The maximum Gasteiger partial charge on any atom is 0.322 e. The third kappa shape index (κ3) is 4.52. The van der Waals surface area contributed by atoms with E-state index in [4.69, 9.17) is 5.11 Å². The van der Waals surface area contributed by atoms with Gasteiger partial charge in [-0.1, -0.05) is 48.5 Å². The number of benzene rings is 2. The zero-order valence-electron chi connectivity index (χ0n) is 14.5. The monoisotopic (exact) mass is 365 g/mol. The van der Waals surface area contributed by atoms with Crippen LogP contribution in [-0.4, -0.2) is 40.5 Å². The molecule has 0 aliphatic rings. The number of carbonyl (C=O) groups is 3. The second-order valence-electron chi connectivity index (χ2n) is 6.03. The molecule has 1 heterocycles. The van der Waals surface area contributed by atoms with Crippen LogP contribution in [0.4, 0.5) is 0 Å². The minimum absolute atomic E-state index is 0.287. The summed E-state index contributed by atoms with van der Waals surface area (Å²) in [5.74, 6) is -2.08. The van der Waals surface area contributed by atoms with Crippen LogP contribution in [0.2, 0.25) is 0 Å². The Morgan fingerprint density at radius 1 is 0.889 bits per heavy atom. The lowest BCUT2D eigenvalue weighted by Crippen LogP contribution is -2.38. The summed E-state index contributed by atoms with van der Waals surface area (Å²) in [5.41, 5.74) is 2.49. The molecular weight excluding hydrogens is 346 g/mol. The Morgan fingerprint density at radius 2 is 1.59 bits per heavy atom. The normalized spacial score (nSPS) is 10.5. The molecule has 0 radical (unpaired) electrons. The molecule has 138 valence electrons. The topological polar surface area (TPSA) is 100 Å². The van der Waals surface area contributed by atoms with Crippen molar-refractivity contribution in [1.29, 1.82) is 0 Å². The van der Waals surface area contributed by atoms with Gasteiger partial charge in [0.2, 0.25) is 5.91 Å². The van der Waals surface area contributed by atoms with Crippen molar-refractivity contribution < 1.29 is 19.5 Å². The second-order valence-corrected chi connectivity index (χ2v) is 6.03. The van der Waals surface area contributed by atoms with Crippen molar-refractivity contribution in [2.24, 2.45) is 0 Å². The molecule has 7 heteroatoms. The zero-order chi connectivity index (χ0) is 19.2. The molecule has 0 saturated carbocycles. The number of para-hydroxylation sites is 1. The fourth-order valence-corrected chi connectivity index (χ4v) is 2.83. The lowest BCUT2D eigenvalue weighted by atomic mass is 10.1. The van der Waals surface area contributed by atoms with Crippen molar-refractivity contribution in [3.8, 4) is 0 Å². The van der Waals surface area contributed by atoms with E-state index in [0.717, 1.165) is 16.5 Å². The van der Waals surface area contributed by atoms with Crippen molar-refractivity contribution in [3.63, 3.8) is 0 Å². The average molecular weight is 365 g/mol. The molecule has 3 aromatic rings. The standard InChI is InChI=1S/C20H19N3O4/c24-18(21-11-19(25)26)10-22-20(27)16-13-23(12-14-6-2-1-3-7-14)17-9-5-4-8-15(16)17/h1-9,13H,10-12H2,(H,21,24)(H,22,27)(H,25,26). The molecule has 1 aromatic heterocycles. The fraction of sp³-hybridized carbons (Fsp3) is 0.150. The van der Waals surface area contributed by atoms with E-state index in [1.54, 1.807) is 6.20 Å². The zero-order valence-corrected chi connectivity index (χ0v) is 14.5. The number of fused-ring (bicyclic) bond motifs is 1. The van der Waals surface area contributed by atoms with Crippen molar-refractivity contribution in [3.05, 3.63) is 71.9 Å². The Balaban J connectivity index is 1.77. The number of carboxylic acids is 1. The van der Waals surface area contributed by atoms with Crippen molar-refractivity contribution >= 4 is 28.7 Å². The highest BCUT2D eigenvalue weighted by molar-refractivity contribution is 6.07. The number of carboxylic acid groups (broad SMARTS) is 1. The summed E-state index contributed by atoms with van der Waals surface area (Å²) >= 11 is 0. The Morgan fingerprint density at radius 3 is 2.33 bits per heavy atom. The molecule has 0 fully saturated rings. The first kappa shape index (κ1) is 18.2. The molecule has 2 amide bonds. The molecule has 3 rings (SSSR count). The number of hydrogen-bond donors (Lipinski definition) is 3. The van der Waals surface area contributed by atoms with Gasteiger partial charge < -0.3 is 20.3 Å². The molecule has 0 spiro atoms. The van der Waals surface area contributed by atoms with Gasteiger partial charge in [-0.05, 0) is 11.6 Å². The van der Waals surface area contributed by atoms with Crippen LogP contribution in [0.15, 0.2) is 60.8 Å². The Kier molecular flexibility index (Phi) is 5.51. The van der Waals surface area contributed by atoms with Crippen molar-refractivity contribution in [2.75, 3.05) is 13.1 Å². The van der Waals surface area contributed by atoms with E-state index in [9.17, 15) is 14.4 Å². The highest BCUT2D eigenvalue weighted by Gasteiger charge is 2.16. The second kappa shape index (κ2) is 8.18. The van der Waals surface area contributed by atoms with Gasteiger partial charge in [-0.25, -0.2) is 0 Å². The van der Waals surface area contributed by atoms with Gasteiger partial charge in [-0.2, -0.15) is 0 Å². The molecular formula is C20H19N3O4. The number of carbonyl (C=O) groups excluding carboxylic acids is 2. The Bertz CT molecular complexity index is 979. The summed E-state index contributed by atoms with van der Waals surface area (Å²) < 4.78 is 1.99. The first-order valence-corrected chi connectivity index (χ1v) is 8.43. The third-order valence-electron chi connectivity index (χ3n) is 4.08. The van der Waals surface area contributed by atoms with E-state index in [1.807, 2.05) is 59.2 Å². The van der Waals surface area contributed by atoms with Gasteiger partial charge >= 0.3 is 5.97 Å². The number of nitrogens with zero attached hydrogens (tertiary/aromatic N) is 1. The molecule has 0 bridgehead atoms. The van der Waals surface area contributed by atoms with Gasteiger partial charge in [-0.3, -0.25) is 14.4 Å². The lowest BCUT2D eigenvalue weighted by molar-refractivity contribution is -0.137. The molecule has 7 nitrogen and oxygen atoms in total. The first-order valence-electron chi connectivity index (χ1n) is 8.43. The molecule has 0 saturated heterocycles. The summed E-state index contributed by atoms with van der Waals surface area (Å²) in [6, 6.07) is 17.5. The van der Waals surface area contributed by atoms with Crippen LogP contribution in [0.1, 0.15) is 15.9 Å². The van der Waals surface area contributed by atoms with E-state index in [-0.39, 0.29) is 12.5 Å². The first-order chi connectivity index (χ1) is 13.0. The van der Waals surface area contributed by atoms with Crippen LogP contribution in [0.3, 0.4) is 0 Å². The highest BCUT2D eigenvalue weighted by Crippen LogP contribution is 2.22. The number of aliphatic carboxylic acids is 1.